The largest absolute Gasteiger partial charge is 0.456 e. The zero-order chi connectivity index (χ0) is 35.1. The standard InChI is InChI=1S/C50H29BN2O/c1-2-15-35(16-3-1)52-43-27-31-13-5-4-12-30(31)25-40(43)51-41-26-33-14-6-7-17-36(33)48-38-19-8-10-20-42(38)53(50(41)48)45-29-34(28-44(52)49(45)51)32-22-23-47-39(24-32)37-18-9-11-21-46(37)54-47/h1-29H. The average Bonchev–Trinajstić information content (AvgIpc) is 3.78. The van der Waals surface area contributed by atoms with E-state index in [1.165, 1.54) is 87.9 Å². The highest BCUT2D eigenvalue weighted by Gasteiger charge is 2.43. The van der Waals surface area contributed by atoms with E-state index in [9.17, 15) is 0 Å². The summed E-state index contributed by atoms with van der Waals surface area (Å²) in [5.74, 6) is 0. The number of anilines is 3. The maximum Gasteiger partial charge on any atom is 0.252 e. The predicted molar refractivity (Wildman–Crippen MR) is 228 cm³/mol. The Labute approximate surface area is 311 Å². The minimum Gasteiger partial charge on any atom is -0.456 e. The summed E-state index contributed by atoms with van der Waals surface area (Å²) >= 11 is 0. The first-order valence-corrected chi connectivity index (χ1v) is 18.7. The van der Waals surface area contributed by atoms with Crippen molar-refractivity contribution in [2.24, 2.45) is 0 Å². The summed E-state index contributed by atoms with van der Waals surface area (Å²) in [5, 5.41) is 9.96. The first-order valence-electron chi connectivity index (χ1n) is 18.7. The van der Waals surface area contributed by atoms with Crippen LogP contribution >= 0.6 is 0 Å². The summed E-state index contributed by atoms with van der Waals surface area (Å²) in [5.41, 5.74) is 15.5. The van der Waals surface area contributed by atoms with Crippen LogP contribution in [0.15, 0.2) is 180 Å². The molecule has 0 saturated carbocycles. The van der Waals surface area contributed by atoms with E-state index < -0.39 is 0 Å². The Morgan fingerprint density at radius 3 is 1.96 bits per heavy atom. The fourth-order valence-electron chi connectivity index (χ4n) is 9.84. The molecule has 2 aromatic heterocycles. The molecule has 0 atom stereocenters. The Hall–Kier alpha value is -7.04. The zero-order valence-electron chi connectivity index (χ0n) is 29.1. The van der Waals surface area contributed by atoms with Gasteiger partial charge in [-0.2, -0.15) is 0 Å². The number of para-hydroxylation sites is 3. The molecule has 0 saturated heterocycles. The molecule has 248 valence electrons. The van der Waals surface area contributed by atoms with E-state index in [0.29, 0.717) is 0 Å². The van der Waals surface area contributed by atoms with E-state index in [1.54, 1.807) is 0 Å². The molecule has 54 heavy (non-hydrogen) atoms. The van der Waals surface area contributed by atoms with E-state index in [-0.39, 0.29) is 6.71 Å². The van der Waals surface area contributed by atoms with Crippen LogP contribution in [0.1, 0.15) is 0 Å². The van der Waals surface area contributed by atoms with Gasteiger partial charge in [-0.25, -0.2) is 0 Å². The molecule has 0 N–H and O–H groups in total. The van der Waals surface area contributed by atoms with Gasteiger partial charge in [-0.3, -0.25) is 0 Å². The van der Waals surface area contributed by atoms with Crippen molar-refractivity contribution in [3.05, 3.63) is 176 Å². The van der Waals surface area contributed by atoms with Gasteiger partial charge >= 0.3 is 0 Å². The Morgan fingerprint density at radius 2 is 1.09 bits per heavy atom. The Bertz CT molecular complexity index is 3410. The highest BCUT2D eigenvalue weighted by molar-refractivity contribution is 7.00. The van der Waals surface area contributed by atoms with Gasteiger partial charge in [0.2, 0.25) is 0 Å². The van der Waals surface area contributed by atoms with E-state index in [1.807, 2.05) is 6.07 Å². The number of nitrogens with zero attached hydrogens (tertiary/aromatic N) is 2. The average molecular weight is 685 g/mol. The second-order valence-corrected chi connectivity index (χ2v) is 14.9. The smallest absolute Gasteiger partial charge is 0.252 e. The van der Waals surface area contributed by atoms with Crippen LogP contribution in [0.5, 0.6) is 0 Å². The number of benzene rings is 9. The van der Waals surface area contributed by atoms with Crippen molar-refractivity contribution in [3.8, 4) is 16.8 Å². The molecule has 3 nitrogen and oxygen atoms in total. The highest BCUT2D eigenvalue weighted by Crippen LogP contribution is 2.45. The van der Waals surface area contributed by atoms with Crippen molar-refractivity contribution >= 4 is 105 Å². The first kappa shape index (κ1) is 28.5. The summed E-state index contributed by atoms with van der Waals surface area (Å²) in [6.07, 6.45) is 0. The third-order valence-electron chi connectivity index (χ3n) is 12.1. The molecule has 11 aromatic rings. The van der Waals surface area contributed by atoms with Crippen LogP contribution in [0.2, 0.25) is 0 Å². The van der Waals surface area contributed by atoms with Gasteiger partial charge in [0.25, 0.3) is 6.71 Å². The number of hydrogen-bond donors (Lipinski definition) is 0. The van der Waals surface area contributed by atoms with Crippen LogP contribution in [0, 0.1) is 0 Å². The topological polar surface area (TPSA) is 21.3 Å². The molecule has 0 spiro atoms. The Morgan fingerprint density at radius 1 is 0.426 bits per heavy atom. The van der Waals surface area contributed by atoms with Crippen LogP contribution in [0.4, 0.5) is 17.1 Å². The van der Waals surface area contributed by atoms with Gasteiger partial charge in [0.05, 0.1) is 11.0 Å². The molecule has 0 aliphatic carbocycles. The molecule has 13 rings (SSSR count). The number of fused-ring (bicyclic) bond motifs is 13. The number of aromatic nitrogens is 1. The van der Waals surface area contributed by atoms with Crippen LogP contribution in [0.25, 0.3) is 82.1 Å². The molecule has 4 heterocycles. The molecule has 2 aliphatic heterocycles. The van der Waals surface area contributed by atoms with Crippen molar-refractivity contribution in [1.82, 2.24) is 4.57 Å². The van der Waals surface area contributed by atoms with Crippen molar-refractivity contribution in [1.29, 1.82) is 0 Å². The van der Waals surface area contributed by atoms with E-state index >= 15 is 0 Å². The van der Waals surface area contributed by atoms with Gasteiger partial charge in [0.15, 0.2) is 0 Å². The van der Waals surface area contributed by atoms with Gasteiger partial charge in [0.1, 0.15) is 11.2 Å². The third kappa shape index (κ3) is 3.67. The van der Waals surface area contributed by atoms with Crippen molar-refractivity contribution < 1.29 is 4.42 Å². The van der Waals surface area contributed by atoms with Gasteiger partial charge < -0.3 is 13.9 Å². The highest BCUT2D eigenvalue weighted by atomic mass is 16.3. The molecule has 0 amide bonds. The lowest BCUT2D eigenvalue weighted by atomic mass is 9.33. The number of furan rings is 1. The summed E-state index contributed by atoms with van der Waals surface area (Å²) < 4.78 is 8.86. The Kier molecular flexibility index (Phi) is 5.45. The van der Waals surface area contributed by atoms with Crippen LogP contribution in [0.3, 0.4) is 0 Å². The molecule has 2 aliphatic rings. The van der Waals surface area contributed by atoms with Gasteiger partial charge in [0, 0.05) is 44.3 Å². The van der Waals surface area contributed by atoms with E-state index in [0.717, 1.165) is 27.6 Å². The minimum absolute atomic E-state index is 0.0350. The molecule has 0 radical (unpaired) electrons. The number of rotatable bonds is 2. The zero-order valence-corrected chi connectivity index (χ0v) is 29.1. The lowest BCUT2D eigenvalue weighted by Crippen LogP contribution is -2.60. The second-order valence-electron chi connectivity index (χ2n) is 14.9. The molecular formula is C50H29BN2O. The minimum atomic E-state index is 0.0350. The van der Waals surface area contributed by atoms with Gasteiger partial charge in [-0.15, -0.1) is 0 Å². The fraction of sp³-hybridized carbons (Fsp3) is 0. The molecule has 9 aromatic carbocycles. The van der Waals surface area contributed by atoms with Gasteiger partial charge in [-0.05, 0) is 104 Å². The first-order chi connectivity index (χ1) is 26.8. The van der Waals surface area contributed by atoms with E-state index in [2.05, 4.69) is 179 Å². The quantitative estimate of drug-likeness (QED) is 0.169. The predicted octanol–water partition coefficient (Wildman–Crippen LogP) is 11.3. The molecule has 4 heteroatoms. The maximum absolute atomic E-state index is 6.29. The SMILES string of the molecule is c1ccc(N2c3cc4ccccc4cc3B3c4c2cc(-c2ccc5oc6ccccc6c5c2)cc4-n2c4ccccc4c4c5ccccc5cc3c42)cc1. The second kappa shape index (κ2) is 10.3. The molecule has 0 unspecified atom stereocenters. The lowest BCUT2D eigenvalue weighted by molar-refractivity contribution is 0.669. The molecule has 0 bridgehead atoms. The summed E-state index contributed by atoms with van der Waals surface area (Å²) in [7, 11) is 0. The maximum atomic E-state index is 6.29. The molecular weight excluding hydrogens is 655 g/mol. The number of hydrogen-bond acceptors (Lipinski definition) is 2. The van der Waals surface area contributed by atoms with Crippen LogP contribution in [-0.2, 0) is 0 Å². The monoisotopic (exact) mass is 684 g/mol. The molecule has 0 fully saturated rings. The Balaban J connectivity index is 1.22. The summed E-state index contributed by atoms with van der Waals surface area (Å²) in [6, 6.07) is 64.9. The lowest BCUT2D eigenvalue weighted by Gasteiger charge is -2.41. The van der Waals surface area contributed by atoms with Crippen LogP contribution < -0.4 is 21.3 Å². The van der Waals surface area contributed by atoms with Crippen molar-refractivity contribution in [2.75, 3.05) is 4.90 Å². The van der Waals surface area contributed by atoms with E-state index in [4.69, 9.17) is 4.42 Å². The summed E-state index contributed by atoms with van der Waals surface area (Å²) in [4.78, 5) is 2.52. The summed E-state index contributed by atoms with van der Waals surface area (Å²) in [6.45, 7) is 0.0350. The third-order valence-corrected chi connectivity index (χ3v) is 12.1. The van der Waals surface area contributed by atoms with Crippen LogP contribution in [-0.4, -0.2) is 11.3 Å². The van der Waals surface area contributed by atoms with Crippen molar-refractivity contribution in [3.63, 3.8) is 0 Å². The van der Waals surface area contributed by atoms with Crippen molar-refractivity contribution in [2.45, 2.75) is 0 Å². The van der Waals surface area contributed by atoms with Gasteiger partial charge in [-0.1, -0.05) is 121 Å². The normalized spacial score (nSPS) is 13.1. The fourth-order valence-corrected chi connectivity index (χ4v) is 9.84.